The molecule has 0 radical (unpaired) electrons. The van der Waals surface area contributed by atoms with E-state index < -0.39 is 5.91 Å². The lowest BCUT2D eigenvalue weighted by Crippen LogP contribution is -2.15. The van der Waals surface area contributed by atoms with E-state index in [9.17, 15) is 9.90 Å². The molecule has 9 heteroatoms. The molecular weight excluding hydrogens is 378 g/mol. The lowest BCUT2D eigenvalue weighted by Gasteiger charge is -2.09. The summed E-state index contributed by atoms with van der Waals surface area (Å²) in [7, 11) is 1.45. The number of phenols is 1. The molecule has 0 aliphatic rings. The molecule has 4 aromatic rings. The summed E-state index contributed by atoms with van der Waals surface area (Å²) in [6.45, 7) is 0. The molecular formula is C19H15N5O3S. The number of amides is 1. The first kappa shape index (κ1) is 17.8. The smallest absolute Gasteiger partial charge is 0.269 e. The number of fused-ring (bicyclic) bond motifs is 1. The largest absolute Gasteiger partial charge is 0.504 e. The SMILES string of the molecule is COc1ccc(-c2nc(C(N)=O)c3nc(S)n(-c4ccccc4)c3n2)cc1O. The second-order valence-electron chi connectivity index (χ2n) is 5.90. The molecule has 8 nitrogen and oxygen atoms in total. The van der Waals surface area contributed by atoms with E-state index in [2.05, 4.69) is 27.6 Å². The molecule has 140 valence electrons. The Hall–Kier alpha value is -3.59. The van der Waals surface area contributed by atoms with Crippen LogP contribution in [0, 0.1) is 0 Å². The predicted octanol–water partition coefficient (Wildman–Crippen LogP) is 2.58. The Kier molecular flexibility index (Phi) is 4.36. The van der Waals surface area contributed by atoms with Gasteiger partial charge in [-0.1, -0.05) is 18.2 Å². The fourth-order valence-corrected chi connectivity index (χ4v) is 3.20. The first-order valence-electron chi connectivity index (χ1n) is 8.21. The van der Waals surface area contributed by atoms with E-state index in [1.807, 2.05) is 30.3 Å². The fraction of sp³-hybridized carbons (Fsp3) is 0.0526. The number of methoxy groups -OCH3 is 1. The van der Waals surface area contributed by atoms with E-state index in [1.54, 1.807) is 16.7 Å². The van der Waals surface area contributed by atoms with E-state index in [1.165, 1.54) is 13.2 Å². The van der Waals surface area contributed by atoms with Gasteiger partial charge in [-0.05, 0) is 30.3 Å². The third-order valence-electron chi connectivity index (χ3n) is 4.17. The Morgan fingerprint density at radius 2 is 1.89 bits per heavy atom. The van der Waals surface area contributed by atoms with Crippen LogP contribution in [-0.4, -0.2) is 37.6 Å². The maximum atomic E-state index is 12.0. The number of nitrogens with two attached hydrogens (primary N) is 1. The summed E-state index contributed by atoms with van der Waals surface area (Å²) >= 11 is 4.42. The molecule has 2 heterocycles. The minimum atomic E-state index is -0.738. The van der Waals surface area contributed by atoms with Crippen LogP contribution in [-0.2, 0) is 0 Å². The van der Waals surface area contributed by atoms with Gasteiger partial charge in [-0.3, -0.25) is 9.36 Å². The van der Waals surface area contributed by atoms with E-state index in [4.69, 9.17) is 10.5 Å². The first-order chi connectivity index (χ1) is 13.5. The number of carbonyl (C=O) groups is 1. The van der Waals surface area contributed by atoms with Gasteiger partial charge in [0, 0.05) is 11.3 Å². The second-order valence-corrected chi connectivity index (χ2v) is 6.30. The number of carbonyl (C=O) groups excluding carboxylic acids is 1. The maximum Gasteiger partial charge on any atom is 0.269 e. The molecule has 0 unspecified atom stereocenters. The van der Waals surface area contributed by atoms with Gasteiger partial charge in [0.2, 0.25) is 0 Å². The summed E-state index contributed by atoms with van der Waals surface area (Å²) in [5.74, 6) is -0.287. The standard InChI is InChI=1S/C19H15N5O3S/c1-27-13-8-7-10(9-12(13)25)17-21-14(16(20)26)15-18(23-17)24(19(28)22-15)11-5-3-2-4-6-11/h2-9,25H,1H3,(H2,20,26)(H,22,28). The van der Waals surface area contributed by atoms with Gasteiger partial charge < -0.3 is 15.6 Å². The van der Waals surface area contributed by atoms with Crippen LogP contribution >= 0.6 is 12.6 Å². The number of hydrogen-bond acceptors (Lipinski definition) is 7. The third kappa shape index (κ3) is 2.91. The number of aromatic hydroxyl groups is 1. The molecule has 0 bridgehead atoms. The Morgan fingerprint density at radius 3 is 2.54 bits per heavy atom. The number of thiol groups is 1. The van der Waals surface area contributed by atoms with Gasteiger partial charge >= 0.3 is 0 Å². The van der Waals surface area contributed by atoms with Gasteiger partial charge in [0.05, 0.1) is 7.11 Å². The van der Waals surface area contributed by atoms with E-state index in [0.717, 1.165) is 5.69 Å². The van der Waals surface area contributed by atoms with Gasteiger partial charge in [-0.2, -0.15) is 0 Å². The van der Waals surface area contributed by atoms with Gasteiger partial charge in [0.1, 0.15) is 5.52 Å². The van der Waals surface area contributed by atoms with Crippen molar-refractivity contribution < 1.29 is 14.6 Å². The zero-order valence-electron chi connectivity index (χ0n) is 14.7. The highest BCUT2D eigenvalue weighted by atomic mass is 32.1. The molecule has 2 aromatic carbocycles. The quantitative estimate of drug-likeness (QED) is 0.459. The fourth-order valence-electron chi connectivity index (χ4n) is 2.89. The van der Waals surface area contributed by atoms with E-state index in [-0.39, 0.29) is 22.8 Å². The molecule has 4 rings (SSSR count). The van der Waals surface area contributed by atoms with Crippen molar-refractivity contribution in [3.05, 3.63) is 54.2 Å². The topological polar surface area (TPSA) is 116 Å². The maximum absolute atomic E-state index is 12.0. The monoisotopic (exact) mass is 393 g/mol. The highest BCUT2D eigenvalue weighted by molar-refractivity contribution is 7.80. The number of phenolic OH excluding ortho intramolecular Hbond substituents is 1. The van der Waals surface area contributed by atoms with Crippen molar-refractivity contribution in [2.45, 2.75) is 5.16 Å². The average molecular weight is 393 g/mol. The van der Waals surface area contributed by atoms with Crippen molar-refractivity contribution >= 4 is 29.7 Å². The lowest BCUT2D eigenvalue weighted by molar-refractivity contribution is 0.0997. The minimum Gasteiger partial charge on any atom is -0.504 e. The third-order valence-corrected chi connectivity index (χ3v) is 4.47. The predicted molar refractivity (Wildman–Crippen MR) is 106 cm³/mol. The van der Waals surface area contributed by atoms with Gasteiger partial charge in [-0.25, -0.2) is 15.0 Å². The highest BCUT2D eigenvalue weighted by Crippen LogP contribution is 2.32. The Bertz CT molecular complexity index is 1210. The number of benzene rings is 2. The zero-order chi connectivity index (χ0) is 19.8. The molecule has 0 aliphatic heterocycles. The van der Waals surface area contributed by atoms with Crippen molar-refractivity contribution in [1.29, 1.82) is 0 Å². The van der Waals surface area contributed by atoms with Crippen LogP contribution in [0.1, 0.15) is 10.5 Å². The molecule has 0 aliphatic carbocycles. The van der Waals surface area contributed by atoms with Crippen molar-refractivity contribution in [3.8, 4) is 28.6 Å². The van der Waals surface area contributed by atoms with Crippen LogP contribution in [0.3, 0.4) is 0 Å². The zero-order valence-corrected chi connectivity index (χ0v) is 15.6. The van der Waals surface area contributed by atoms with Crippen molar-refractivity contribution in [1.82, 2.24) is 19.5 Å². The second kappa shape index (κ2) is 6.86. The van der Waals surface area contributed by atoms with Crippen molar-refractivity contribution in [3.63, 3.8) is 0 Å². The summed E-state index contributed by atoms with van der Waals surface area (Å²) < 4.78 is 6.75. The number of imidazole rings is 1. The molecule has 0 atom stereocenters. The number of aromatic nitrogens is 4. The average Bonchev–Trinajstić information content (AvgIpc) is 3.03. The highest BCUT2D eigenvalue weighted by Gasteiger charge is 2.21. The minimum absolute atomic E-state index is 0.0275. The van der Waals surface area contributed by atoms with Crippen LogP contribution in [0.15, 0.2) is 53.7 Å². The molecule has 0 saturated carbocycles. The molecule has 1 amide bonds. The Balaban J connectivity index is 2.01. The Labute approximate surface area is 165 Å². The molecule has 28 heavy (non-hydrogen) atoms. The van der Waals surface area contributed by atoms with Crippen LogP contribution < -0.4 is 10.5 Å². The van der Waals surface area contributed by atoms with E-state index in [0.29, 0.717) is 22.1 Å². The van der Waals surface area contributed by atoms with E-state index >= 15 is 0 Å². The molecule has 0 spiro atoms. The lowest BCUT2D eigenvalue weighted by atomic mass is 10.2. The molecule has 0 saturated heterocycles. The van der Waals surface area contributed by atoms with Gasteiger partial charge in [-0.15, -0.1) is 12.6 Å². The first-order valence-corrected chi connectivity index (χ1v) is 8.66. The number of nitrogens with zero attached hydrogens (tertiary/aromatic N) is 4. The van der Waals surface area contributed by atoms with Crippen LogP contribution in [0.2, 0.25) is 0 Å². The summed E-state index contributed by atoms with van der Waals surface area (Å²) in [5, 5.41) is 10.4. The summed E-state index contributed by atoms with van der Waals surface area (Å²) in [5.41, 5.74) is 7.39. The summed E-state index contributed by atoms with van der Waals surface area (Å²) in [6.07, 6.45) is 0. The number of ether oxygens (including phenoxy) is 1. The number of para-hydroxylation sites is 1. The van der Waals surface area contributed by atoms with Gasteiger partial charge in [0.25, 0.3) is 5.91 Å². The number of primary amides is 1. The number of rotatable bonds is 4. The van der Waals surface area contributed by atoms with Crippen molar-refractivity contribution in [2.24, 2.45) is 5.73 Å². The Morgan fingerprint density at radius 1 is 1.14 bits per heavy atom. The molecule has 0 fully saturated rings. The van der Waals surface area contributed by atoms with Gasteiger partial charge in [0.15, 0.2) is 33.8 Å². The normalized spacial score (nSPS) is 10.9. The number of hydrogen-bond donors (Lipinski definition) is 3. The van der Waals surface area contributed by atoms with Crippen molar-refractivity contribution in [2.75, 3.05) is 7.11 Å². The van der Waals surface area contributed by atoms with Crippen LogP contribution in [0.5, 0.6) is 11.5 Å². The molecule has 3 N–H and O–H groups in total. The van der Waals surface area contributed by atoms with Crippen LogP contribution in [0.4, 0.5) is 0 Å². The summed E-state index contributed by atoms with van der Waals surface area (Å²) in [6, 6.07) is 14.1. The molecule has 2 aromatic heterocycles. The summed E-state index contributed by atoms with van der Waals surface area (Å²) in [4.78, 5) is 25.2. The van der Waals surface area contributed by atoms with Crippen LogP contribution in [0.25, 0.3) is 28.2 Å².